The van der Waals surface area contributed by atoms with Crippen molar-refractivity contribution in [2.45, 2.75) is 0 Å². The molecule has 5 heteroatoms. The van der Waals surface area contributed by atoms with Crippen LogP contribution in [0.1, 0.15) is 22.5 Å². The summed E-state index contributed by atoms with van der Waals surface area (Å²) < 4.78 is 4.21. The lowest BCUT2D eigenvalue weighted by atomic mass is 10.1. The first kappa shape index (κ1) is 18.3. The third-order valence-corrected chi connectivity index (χ3v) is 5.63. The van der Waals surface area contributed by atoms with Crippen LogP contribution in [0.25, 0.3) is 46.6 Å². The molecule has 0 bridgehead atoms. The van der Waals surface area contributed by atoms with Crippen molar-refractivity contribution in [1.29, 1.82) is 0 Å². The van der Waals surface area contributed by atoms with Gasteiger partial charge in [-0.2, -0.15) is 0 Å². The van der Waals surface area contributed by atoms with Crippen molar-refractivity contribution in [2.24, 2.45) is 0 Å². The van der Waals surface area contributed by atoms with E-state index in [2.05, 4.69) is 72.8 Å². The molecule has 6 rings (SSSR count). The largest absolute Gasteiger partial charge is 0.323 e. The molecule has 32 heavy (non-hydrogen) atoms. The van der Waals surface area contributed by atoms with Crippen molar-refractivity contribution in [3.05, 3.63) is 114 Å². The Morgan fingerprint density at radius 2 is 1.28 bits per heavy atom. The highest BCUT2D eigenvalue weighted by molar-refractivity contribution is 5.83. The normalized spacial score (nSPS) is 12.1. The fourth-order valence-electron chi connectivity index (χ4n) is 3.96. The van der Waals surface area contributed by atoms with Gasteiger partial charge in [-0.1, -0.05) is 24.3 Å². The van der Waals surface area contributed by atoms with E-state index in [-0.39, 0.29) is 0 Å². The molecule has 6 heterocycles. The molecule has 0 spiro atoms. The SMILES string of the molecule is C(=C\c1ccn2ccccc12)/c1ccc2c(/C=C/c3ccn4ccccc34)nnc-2cn1. The van der Waals surface area contributed by atoms with Gasteiger partial charge in [0.2, 0.25) is 0 Å². The Morgan fingerprint density at radius 3 is 2.00 bits per heavy atom. The molecule has 0 saturated heterocycles. The first-order valence-corrected chi connectivity index (χ1v) is 10.5. The van der Waals surface area contributed by atoms with E-state index in [1.165, 1.54) is 5.52 Å². The summed E-state index contributed by atoms with van der Waals surface area (Å²) in [6.07, 6.45) is 18.2. The van der Waals surface area contributed by atoms with Gasteiger partial charge in [0.1, 0.15) is 5.69 Å². The third-order valence-electron chi connectivity index (χ3n) is 5.63. The van der Waals surface area contributed by atoms with Crippen LogP contribution < -0.4 is 0 Å². The maximum Gasteiger partial charge on any atom is 0.113 e. The lowest BCUT2D eigenvalue weighted by molar-refractivity contribution is 1.08. The van der Waals surface area contributed by atoms with Gasteiger partial charge >= 0.3 is 0 Å². The van der Waals surface area contributed by atoms with Crippen LogP contribution in [0, 0.1) is 0 Å². The van der Waals surface area contributed by atoms with Crippen molar-refractivity contribution in [2.75, 3.05) is 0 Å². The van der Waals surface area contributed by atoms with Gasteiger partial charge in [-0.15, -0.1) is 10.2 Å². The molecule has 0 N–H and O–H groups in total. The fourth-order valence-corrected chi connectivity index (χ4v) is 3.96. The monoisotopic (exact) mass is 413 g/mol. The zero-order chi connectivity index (χ0) is 21.3. The van der Waals surface area contributed by atoms with Crippen LogP contribution in [0.2, 0.25) is 0 Å². The smallest absolute Gasteiger partial charge is 0.113 e. The second kappa shape index (κ2) is 7.63. The van der Waals surface area contributed by atoms with Crippen molar-refractivity contribution in [3.8, 4) is 11.3 Å². The molecular weight excluding hydrogens is 394 g/mol. The van der Waals surface area contributed by atoms with E-state index in [9.17, 15) is 0 Å². The van der Waals surface area contributed by atoms with Crippen LogP contribution in [0.15, 0.2) is 91.6 Å². The summed E-state index contributed by atoms with van der Waals surface area (Å²) in [5.41, 5.74) is 8.08. The highest BCUT2D eigenvalue weighted by atomic mass is 15.1. The number of hydrogen-bond donors (Lipinski definition) is 0. The van der Waals surface area contributed by atoms with E-state index in [1.807, 2.05) is 60.9 Å². The fraction of sp³-hybridized carbons (Fsp3) is 0. The number of nitrogens with zero attached hydrogens (tertiary/aromatic N) is 5. The number of hydrogen-bond acceptors (Lipinski definition) is 3. The highest BCUT2D eigenvalue weighted by Gasteiger charge is 2.10. The van der Waals surface area contributed by atoms with Crippen LogP contribution in [0.5, 0.6) is 0 Å². The van der Waals surface area contributed by atoms with Crippen LogP contribution >= 0.6 is 0 Å². The highest BCUT2D eigenvalue weighted by Crippen LogP contribution is 2.24. The molecule has 0 amide bonds. The minimum absolute atomic E-state index is 0.778. The molecule has 0 radical (unpaired) electrons. The van der Waals surface area contributed by atoms with Gasteiger partial charge in [0, 0.05) is 30.4 Å². The Balaban J connectivity index is 1.30. The predicted molar refractivity (Wildman–Crippen MR) is 129 cm³/mol. The van der Waals surface area contributed by atoms with E-state index < -0.39 is 0 Å². The van der Waals surface area contributed by atoms with Gasteiger partial charge in [0.25, 0.3) is 0 Å². The third kappa shape index (κ3) is 3.26. The molecule has 2 aliphatic heterocycles. The van der Waals surface area contributed by atoms with Crippen LogP contribution in [0.4, 0.5) is 0 Å². The van der Waals surface area contributed by atoms with Gasteiger partial charge in [0.15, 0.2) is 0 Å². The van der Waals surface area contributed by atoms with E-state index in [0.717, 1.165) is 39.3 Å². The second-order valence-corrected chi connectivity index (χ2v) is 7.60. The van der Waals surface area contributed by atoms with E-state index in [4.69, 9.17) is 0 Å². The lowest BCUT2D eigenvalue weighted by Gasteiger charge is -1.94. The summed E-state index contributed by atoms with van der Waals surface area (Å²) >= 11 is 0. The Labute approximate surface area is 185 Å². The summed E-state index contributed by atoms with van der Waals surface area (Å²) in [7, 11) is 0. The average Bonchev–Trinajstić information content (AvgIpc) is 3.51. The molecule has 0 aliphatic carbocycles. The van der Waals surface area contributed by atoms with E-state index in [0.29, 0.717) is 0 Å². The number of rotatable bonds is 4. The quantitative estimate of drug-likeness (QED) is 0.366. The molecule has 4 aromatic heterocycles. The zero-order valence-corrected chi connectivity index (χ0v) is 17.2. The molecule has 0 atom stereocenters. The standard InChI is InChI=1S/C27H19N5/c1-3-15-31-17-13-20(26(31)5-1)7-9-22-10-11-23-24(29-30-25(23)19-28-22)12-8-21-14-18-32-16-4-2-6-27(21)32/h1-19H/b9-7+,12-8+. The van der Waals surface area contributed by atoms with Gasteiger partial charge in [0.05, 0.1) is 28.6 Å². The summed E-state index contributed by atoms with van der Waals surface area (Å²) in [5, 5.41) is 8.67. The van der Waals surface area contributed by atoms with Crippen molar-refractivity contribution < 1.29 is 0 Å². The Morgan fingerprint density at radius 1 is 0.594 bits per heavy atom. The molecular formula is C27H19N5. The number of fused-ring (bicyclic) bond motifs is 3. The minimum atomic E-state index is 0.778. The van der Waals surface area contributed by atoms with Crippen molar-refractivity contribution in [3.63, 3.8) is 0 Å². The van der Waals surface area contributed by atoms with Crippen LogP contribution in [-0.4, -0.2) is 24.0 Å². The Bertz CT molecular complexity index is 1580. The Kier molecular flexibility index (Phi) is 4.36. The van der Waals surface area contributed by atoms with Crippen LogP contribution in [0.3, 0.4) is 0 Å². The maximum absolute atomic E-state index is 4.59. The molecule has 2 aliphatic rings. The summed E-state index contributed by atoms with van der Waals surface area (Å²) in [5.74, 6) is 0. The summed E-state index contributed by atoms with van der Waals surface area (Å²) in [6.45, 7) is 0. The van der Waals surface area contributed by atoms with Gasteiger partial charge in [-0.25, -0.2) is 0 Å². The second-order valence-electron chi connectivity index (χ2n) is 7.60. The molecule has 5 nitrogen and oxygen atoms in total. The van der Waals surface area contributed by atoms with Gasteiger partial charge in [-0.3, -0.25) is 4.98 Å². The van der Waals surface area contributed by atoms with Crippen molar-refractivity contribution in [1.82, 2.24) is 24.0 Å². The number of pyridine rings is 2. The van der Waals surface area contributed by atoms with E-state index in [1.54, 1.807) is 6.20 Å². The number of aromatic nitrogens is 5. The molecule has 0 saturated carbocycles. The van der Waals surface area contributed by atoms with E-state index >= 15 is 0 Å². The molecule has 4 aromatic rings. The summed E-state index contributed by atoms with van der Waals surface area (Å²) in [6, 6.07) is 20.6. The molecule has 0 aromatic carbocycles. The predicted octanol–water partition coefficient (Wildman–Crippen LogP) is 5.82. The molecule has 152 valence electrons. The minimum Gasteiger partial charge on any atom is -0.323 e. The Hall–Kier alpha value is -4.51. The maximum atomic E-state index is 4.59. The van der Waals surface area contributed by atoms with Crippen molar-refractivity contribution >= 4 is 35.3 Å². The topological polar surface area (TPSA) is 47.5 Å². The first-order valence-electron chi connectivity index (χ1n) is 10.5. The molecule has 0 unspecified atom stereocenters. The zero-order valence-electron chi connectivity index (χ0n) is 17.2. The van der Waals surface area contributed by atoms with Crippen LogP contribution in [-0.2, 0) is 0 Å². The summed E-state index contributed by atoms with van der Waals surface area (Å²) in [4.78, 5) is 4.59. The first-order chi connectivity index (χ1) is 15.8. The average molecular weight is 413 g/mol. The molecule has 0 fully saturated rings. The lowest BCUT2D eigenvalue weighted by Crippen LogP contribution is -1.79. The van der Waals surface area contributed by atoms with Gasteiger partial charge in [-0.05, 0) is 71.8 Å². The van der Waals surface area contributed by atoms with Gasteiger partial charge < -0.3 is 8.80 Å².